The zero-order valence-electron chi connectivity index (χ0n) is 11.6. The van der Waals surface area contributed by atoms with Crippen LogP contribution in [-0.2, 0) is 13.0 Å². The number of fused-ring (bicyclic) bond motifs is 1. The predicted octanol–water partition coefficient (Wildman–Crippen LogP) is 4.21. The van der Waals surface area contributed by atoms with E-state index in [1.165, 1.54) is 10.4 Å². The van der Waals surface area contributed by atoms with Gasteiger partial charge in [0.15, 0.2) is 0 Å². The number of rotatable bonds is 4. The summed E-state index contributed by atoms with van der Waals surface area (Å²) < 4.78 is 1.08. The molecule has 3 aromatic rings. The van der Waals surface area contributed by atoms with E-state index in [4.69, 9.17) is 5.73 Å². The highest BCUT2D eigenvalue weighted by Crippen LogP contribution is 2.30. The van der Waals surface area contributed by atoms with Gasteiger partial charge in [-0.05, 0) is 24.1 Å². The van der Waals surface area contributed by atoms with Gasteiger partial charge in [0.05, 0.1) is 5.39 Å². The lowest BCUT2D eigenvalue weighted by Crippen LogP contribution is -2.05. The third-order valence-corrected chi connectivity index (χ3v) is 5.16. The Kier molecular flexibility index (Phi) is 4.07. The summed E-state index contributed by atoms with van der Waals surface area (Å²) >= 11 is 5.22. The first-order chi connectivity index (χ1) is 10.2. The van der Waals surface area contributed by atoms with Crippen LogP contribution in [0, 0.1) is 0 Å². The number of hydrogen-bond donors (Lipinski definition) is 2. The average molecular weight is 363 g/mol. The molecule has 0 saturated heterocycles. The highest BCUT2D eigenvalue weighted by atomic mass is 79.9. The monoisotopic (exact) mass is 362 g/mol. The molecule has 1 aromatic carbocycles. The minimum absolute atomic E-state index is 0.307. The normalized spacial score (nSPS) is 11.0. The molecule has 0 radical (unpaired) electrons. The Morgan fingerprint density at radius 3 is 2.86 bits per heavy atom. The Morgan fingerprint density at radius 1 is 1.29 bits per heavy atom. The number of aromatic nitrogens is 2. The summed E-state index contributed by atoms with van der Waals surface area (Å²) in [7, 11) is 0. The van der Waals surface area contributed by atoms with Crippen LogP contribution in [0.4, 0.5) is 11.8 Å². The van der Waals surface area contributed by atoms with E-state index in [2.05, 4.69) is 50.3 Å². The van der Waals surface area contributed by atoms with Crippen LogP contribution in [0.15, 0.2) is 34.8 Å². The van der Waals surface area contributed by atoms with Gasteiger partial charge in [-0.3, -0.25) is 0 Å². The lowest BCUT2D eigenvalue weighted by molar-refractivity contribution is 1.10. The van der Waals surface area contributed by atoms with E-state index in [1.807, 2.05) is 18.2 Å². The molecule has 0 saturated carbocycles. The van der Waals surface area contributed by atoms with Crippen molar-refractivity contribution in [2.24, 2.45) is 0 Å². The van der Waals surface area contributed by atoms with Crippen molar-refractivity contribution in [3.63, 3.8) is 0 Å². The van der Waals surface area contributed by atoms with Crippen molar-refractivity contribution in [1.82, 2.24) is 9.97 Å². The van der Waals surface area contributed by atoms with Crippen molar-refractivity contribution < 1.29 is 0 Å². The maximum Gasteiger partial charge on any atom is 0.223 e. The van der Waals surface area contributed by atoms with Gasteiger partial charge < -0.3 is 11.1 Å². The number of nitrogens with zero attached hydrogens (tertiary/aromatic N) is 2. The molecule has 3 rings (SSSR count). The first-order valence-corrected chi connectivity index (χ1v) is 8.31. The van der Waals surface area contributed by atoms with Crippen molar-refractivity contribution >= 4 is 49.2 Å². The zero-order chi connectivity index (χ0) is 14.8. The predicted molar refractivity (Wildman–Crippen MR) is 92.7 cm³/mol. The van der Waals surface area contributed by atoms with E-state index in [1.54, 1.807) is 11.3 Å². The lowest BCUT2D eigenvalue weighted by Gasteiger charge is -2.08. The molecule has 2 aromatic heterocycles. The van der Waals surface area contributed by atoms with E-state index < -0.39 is 0 Å². The molecular formula is C15H15BrN4S. The van der Waals surface area contributed by atoms with Crippen LogP contribution >= 0.6 is 27.3 Å². The van der Waals surface area contributed by atoms with Crippen LogP contribution in [-0.4, -0.2) is 9.97 Å². The van der Waals surface area contributed by atoms with Gasteiger partial charge in [0.1, 0.15) is 10.6 Å². The summed E-state index contributed by atoms with van der Waals surface area (Å²) in [5, 5.41) is 4.41. The molecule has 0 unspecified atom stereocenters. The number of aryl methyl sites for hydroxylation is 1. The molecule has 0 fully saturated rings. The zero-order valence-corrected chi connectivity index (χ0v) is 14.0. The second-order valence-electron chi connectivity index (χ2n) is 4.66. The van der Waals surface area contributed by atoms with Crippen LogP contribution < -0.4 is 11.1 Å². The standard InChI is InChI=1S/C15H15BrN4S/c1-2-10-7-11-13(19-15(17)20-14(11)21-10)18-8-9-5-3-4-6-12(9)16/h3-7H,2,8H2,1H3,(H3,17,18,19,20). The largest absolute Gasteiger partial charge is 0.368 e. The number of nitrogen functional groups attached to an aromatic ring is 1. The summed E-state index contributed by atoms with van der Waals surface area (Å²) in [6.07, 6.45) is 0.991. The Bertz CT molecular complexity index is 784. The van der Waals surface area contributed by atoms with E-state index in [0.717, 1.165) is 26.9 Å². The van der Waals surface area contributed by atoms with Gasteiger partial charge in [-0.2, -0.15) is 4.98 Å². The van der Waals surface area contributed by atoms with Gasteiger partial charge in [0.25, 0.3) is 0 Å². The summed E-state index contributed by atoms with van der Waals surface area (Å²) in [5.74, 6) is 1.10. The Morgan fingerprint density at radius 2 is 2.10 bits per heavy atom. The van der Waals surface area contributed by atoms with Crippen LogP contribution in [0.1, 0.15) is 17.4 Å². The molecule has 6 heteroatoms. The molecule has 0 aliphatic heterocycles. The van der Waals surface area contributed by atoms with Gasteiger partial charge in [0, 0.05) is 15.9 Å². The summed E-state index contributed by atoms with van der Waals surface area (Å²) in [4.78, 5) is 10.9. The molecule has 0 bridgehead atoms. The molecule has 0 aliphatic carbocycles. The summed E-state index contributed by atoms with van der Waals surface area (Å²) in [5.41, 5.74) is 6.98. The maximum absolute atomic E-state index is 5.81. The SMILES string of the molecule is CCc1cc2c(NCc3ccccc3Br)nc(N)nc2s1. The number of thiophene rings is 1. The number of benzene rings is 1. The third-order valence-electron chi connectivity index (χ3n) is 3.21. The molecule has 21 heavy (non-hydrogen) atoms. The summed E-state index contributed by atoms with van der Waals surface area (Å²) in [6, 6.07) is 10.3. The molecule has 108 valence electrons. The first-order valence-electron chi connectivity index (χ1n) is 6.70. The molecular weight excluding hydrogens is 348 g/mol. The van der Waals surface area contributed by atoms with Crippen LogP contribution in [0.2, 0.25) is 0 Å². The minimum atomic E-state index is 0.307. The van der Waals surface area contributed by atoms with Crippen molar-refractivity contribution in [1.29, 1.82) is 0 Å². The van der Waals surface area contributed by atoms with E-state index in [-0.39, 0.29) is 0 Å². The highest BCUT2D eigenvalue weighted by molar-refractivity contribution is 9.10. The molecule has 4 nitrogen and oxygen atoms in total. The number of nitrogens with one attached hydrogen (secondary N) is 1. The number of anilines is 2. The van der Waals surface area contributed by atoms with E-state index in [0.29, 0.717) is 12.5 Å². The number of hydrogen-bond acceptors (Lipinski definition) is 5. The fraction of sp³-hybridized carbons (Fsp3) is 0.200. The maximum atomic E-state index is 5.81. The smallest absolute Gasteiger partial charge is 0.223 e. The lowest BCUT2D eigenvalue weighted by atomic mass is 10.2. The van der Waals surface area contributed by atoms with Gasteiger partial charge in [-0.1, -0.05) is 41.1 Å². The third kappa shape index (κ3) is 3.01. The highest BCUT2D eigenvalue weighted by Gasteiger charge is 2.10. The molecule has 2 heterocycles. The Hall–Kier alpha value is -1.66. The molecule has 0 amide bonds. The molecule has 0 spiro atoms. The van der Waals surface area contributed by atoms with Crippen molar-refractivity contribution in [3.05, 3.63) is 45.2 Å². The van der Waals surface area contributed by atoms with Crippen LogP contribution in [0.3, 0.4) is 0 Å². The van der Waals surface area contributed by atoms with Gasteiger partial charge in [0.2, 0.25) is 5.95 Å². The van der Waals surface area contributed by atoms with Crippen molar-refractivity contribution in [2.75, 3.05) is 11.1 Å². The number of halogens is 1. The topological polar surface area (TPSA) is 63.8 Å². The number of nitrogens with two attached hydrogens (primary N) is 1. The second-order valence-corrected chi connectivity index (χ2v) is 6.63. The van der Waals surface area contributed by atoms with E-state index >= 15 is 0 Å². The first kappa shape index (κ1) is 14.3. The second kappa shape index (κ2) is 5.99. The summed E-state index contributed by atoms with van der Waals surface area (Å²) in [6.45, 7) is 2.82. The average Bonchev–Trinajstić information content (AvgIpc) is 2.89. The Balaban J connectivity index is 1.93. The van der Waals surface area contributed by atoms with Crippen molar-refractivity contribution in [2.45, 2.75) is 19.9 Å². The molecule has 0 aliphatic rings. The Labute approximate surface area is 135 Å². The van der Waals surface area contributed by atoms with Gasteiger partial charge in [-0.25, -0.2) is 4.98 Å². The quantitative estimate of drug-likeness (QED) is 0.729. The van der Waals surface area contributed by atoms with Gasteiger partial charge in [-0.15, -0.1) is 11.3 Å². The van der Waals surface area contributed by atoms with Crippen LogP contribution in [0.25, 0.3) is 10.2 Å². The van der Waals surface area contributed by atoms with E-state index in [9.17, 15) is 0 Å². The molecule has 0 atom stereocenters. The fourth-order valence-electron chi connectivity index (χ4n) is 2.12. The minimum Gasteiger partial charge on any atom is -0.368 e. The van der Waals surface area contributed by atoms with Gasteiger partial charge >= 0.3 is 0 Å². The van der Waals surface area contributed by atoms with Crippen LogP contribution in [0.5, 0.6) is 0 Å². The van der Waals surface area contributed by atoms with Crippen molar-refractivity contribution in [3.8, 4) is 0 Å². The fourth-order valence-corrected chi connectivity index (χ4v) is 3.52. The molecule has 3 N–H and O–H groups in total.